The van der Waals surface area contributed by atoms with Crippen molar-refractivity contribution in [3.63, 3.8) is 0 Å². The zero-order valence-electron chi connectivity index (χ0n) is 11.6. The van der Waals surface area contributed by atoms with Gasteiger partial charge in [0.2, 0.25) is 0 Å². The van der Waals surface area contributed by atoms with Gasteiger partial charge in [0, 0.05) is 6.04 Å². The van der Waals surface area contributed by atoms with Gasteiger partial charge in [0.1, 0.15) is 4.88 Å². The van der Waals surface area contributed by atoms with Crippen LogP contribution in [0.2, 0.25) is 0 Å². The number of nitrogens with one attached hydrogen (secondary N) is 1. The van der Waals surface area contributed by atoms with Crippen LogP contribution in [0.3, 0.4) is 0 Å². The first-order valence-corrected chi connectivity index (χ1v) is 7.85. The average molecular weight is 296 g/mol. The molecule has 2 N–H and O–H groups in total. The van der Waals surface area contributed by atoms with Crippen LogP contribution < -0.4 is 5.32 Å². The lowest BCUT2D eigenvalue weighted by Crippen LogP contribution is -2.43. The zero-order valence-corrected chi connectivity index (χ0v) is 12.4. The molecule has 0 bridgehead atoms. The number of carbonyl (C=O) groups excluding carboxylic acids is 1. The Bertz CT molecular complexity index is 487. The molecular formula is C14H20N2O3S. The van der Waals surface area contributed by atoms with Crippen LogP contribution in [-0.4, -0.2) is 28.0 Å². The number of hydrogen-bond acceptors (Lipinski definition) is 4. The van der Waals surface area contributed by atoms with E-state index >= 15 is 0 Å². The third kappa shape index (κ3) is 3.79. The molecule has 1 aromatic heterocycles. The molecule has 20 heavy (non-hydrogen) atoms. The molecule has 6 heteroatoms. The molecule has 110 valence electrons. The number of carboxylic acid groups (broad SMARTS) is 1. The first-order valence-electron chi connectivity index (χ1n) is 7.04. The van der Waals surface area contributed by atoms with Crippen molar-refractivity contribution >= 4 is 23.2 Å². The SMILES string of the molecule is Cc1ncc(C(=O)NC2CCCCCCC2C(=O)O)s1. The first-order chi connectivity index (χ1) is 9.58. The van der Waals surface area contributed by atoms with Gasteiger partial charge in [-0.25, -0.2) is 4.98 Å². The van der Waals surface area contributed by atoms with Gasteiger partial charge >= 0.3 is 5.97 Å². The van der Waals surface area contributed by atoms with Crippen molar-refractivity contribution in [3.8, 4) is 0 Å². The summed E-state index contributed by atoms with van der Waals surface area (Å²) in [5.41, 5.74) is 0. The van der Waals surface area contributed by atoms with Crippen molar-refractivity contribution in [1.82, 2.24) is 10.3 Å². The maximum Gasteiger partial charge on any atom is 0.308 e. The molecule has 1 saturated carbocycles. The van der Waals surface area contributed by atoms with Gasteiger partial charge in [-0.05, 0) is 19.8 Å². The number of carboxylic acids is 1. The lowest BCUT2D eigenvalue weighted by Gasteiger charge is -2.27. The average Bonchev–Trinajstić information content (AvgIpc) is 2.79. The summed E-state index contributed by atoms with van der Waals surface area (Å²) in [7, 11) is 0. The van der Waals surface area contributed by atoms with E-state index < -0.39 is 11.9 Å². The van der Waals surface area contributed by atoms with Gasteiger partial charge in [-0.1, -0.05) is 25.7 Å². The Labute approximate surface area is 122 Å². The Kier molecular flexibility index (Phi) is 5.11. The van der Waals surface area contributed by atoms with E-state index in [1.807, 2.05) is 6.92 Å². The summed E-state index contributed by atoms with van der Waals surface area (Å²) in [5.74, 6) is -1.49. The summed E-state index contributed by atoms with van der Waals surface area (Å²) >= 11 is 1.33. The Balaban J connectivity index is 2.06. The predicted molar refractivity (Wildman–Crippen MR) is 76.9 cm³/mol. The Hall–Kier alpha value is -1.43. The number of aliphatic carboxylic acids is 1. The molecule has 2 atom stereocenters. The van der Waals surface area contributed by atoms with E-state index in [0.717, 1.165) is 37.1 Å². The lowest BCUT2D eigenvalue weighted by atomic mass is 9.87. The number of thiazole rings is 1. The third-order valence-electron chi connectivity index (χ3n) is 3.74. The number of aromatic nitrogens is 1. The van der Waals surface area contributed by atoms with Gasteiger partial charge in [0.15, 0.2) is 0 Å². The van der Waals surface area contributed by atoms with Gasteiger partial charge in [-0.3, -0.25) is 9.59 Å². The summed E-state index contributed by atoms with van der Waals surface area (Å²) in [6.07, 6.45) is 7.01. The summed E-state index contributed by atoms with van der Waals surface area (Å²) in [6.45, 7) is 1.84. The number of carbonyl (C=O) groups is 2. The van der Waals surface area contributed by atoms with Gasteiger partial charge < -0.3 is 10.4 Å². The van der Waals surface area contributed by atoms with E-state index in [4.69, 9.17) is 0 Å². The van der Waals surface area contributed by atoms with E-state index in [-0.39, 0.29) is 11.9 Å². The highest BCUT2D eigenvalue weighted by Gasteiger charge is 2.30. The van der Waals surface area contributed by atoms with Crippen molar-refractivity contribution in [1.29, 1.82) is 0 Å². The molecule has 0 saturated heterocycles. The van der Waals surface area contributed by atoms with E-state index in [9.17, 15) is 14.7 Å². The van der Waals surface area contributed by atoms with Crippen LogP contribution in [-0.2, 0) is 4.79 Å². The molecule has 0 radical (unpaired) electrons. The number of rotatable bonds is 3. The molecule has 2 unspecified atom stereocenters. The van der Waals surface area contributed by atoms with Gasteiger partial charge in [0.25, 0.3) is 5.91 Å². The smallest absolute Gasteiger partial charge is 0.308 e. The fourth-order valence-electron chi connectivity index (χ4n) is 2.66. The molecular weight excluding hydrogens is 276 g/mol. The highest BCUT2D eigenvalue weighted by atomic mass is 32.1. The van der Waals surface area contributed by atoms with E-state index in [0.29, 0.717) is 11.3 Å². The summed E-state index contributed by atoms with van der Waals surface area (Å²) < 4.78 is 0. The van der Waals surface area contributed by atoms with Crippen LogP contribution in [0.25, 0.3) is 0 Å². The van der Waals surface area contributed by atoms with E-state index in [1.54, 1.807) is 6.20 Å². The van der Waals surface area contributed by atoms with Crippen LogP contribution >= 0.6 is 11.3 Å². The molecule has 0 aromatic carbocycles. The van der Waals surface area contributed by atoms with E-state index in [2.05, 4.69) is 10.3 Å². The minimum Gasteiger partial charge on any atom is -0.481 e. The maximum atomic E-state index is 12.2. The van der Waals surface area contributed by atoms with Gasteiger partial charge in [0.05, 0.1) is 17.1 Å². The molecule has 0 aliphatic heterocycles. The zero-order chi connectivity index (χ0) is 14.5. The fourth-order valence-corrected chi connectivity index (χ4v) is 3.34. The summed E-state index contributed by atoms with van der Waals surface area (Å²) in [6, 6.07) is -0.275. The molecule has 1 amide bonds. The van der Waals surface area contributed by atoms with Crippen molar-refractivity contribution < 1.29 is 14.7 Å². The standard InChI is InChI=1S/C14H20N2O3S/c1-9-15-8-12(20-9)13(17)16-11-7-5-3-2-4-6-10(11)14(18)19/h8,10-11H,2-7H2,1H3,(H,16,17)(H,18,19). The van der Waals surface area contributed by atoms with Crippen molar-refractivity contribution in [3.05, 3.63) is 16.1 Å². The Morgan fingerprint density at radius 1 is 1.30 bits per heavy atom. The molecule has 0 spiro atoms. The molecule has 2 rings (SSSR count). The molecule has 1 fully saturated rings. The van der Waals surface area contributed by atoms with Crippen molar-refractivity contribution in [2.45, 2.75) is 51.5 Å². The molecule has 5 nitrogen and oxygen atoms in total. The van der Waals surface area contributed by atoms with Gasteiger partial charge in [-0.15, -0.1) is 11.3 Å². The largest absolute Gasteiger partial charge is 0.481 e. The summed E-state index contributed by atoms with van der Waals surface area (Å²) in [4.78, 5) is 28.2. The Morgan fingerprint density at radius 3 is 2.60 bits per heavy atom. The second kappa shape index (κ2) is 6.83. The summed E-state index contributed by atoms with van der Waals surface area (Å²) in [5, 5.41) is 13.1. The second-order valence-corrected chi connectivity index (χ2v) is 6.49. The molecule has 1 aromatic rings. The molecule has 1 aliphatic rings. The van der Waals surface area contributed by atoms with Crippen LogP contribution in [0, 0.1) is 12.8 Å². The monoisotopic (exact) mass is 296 g/mol. The van der Waals surface area contributed by atoms with E-state index in [1.165, 1.54) is 11.3 Å². The third-order valence-corrected chi connectivity index (χ3v) is 4.66. The van der Waals surface area contributed by atoms with Crippen molar-refractivity contribution in [2.75, 3.05) is 0 Å². The number of hydrogen-bond donors (Lipinski definition) is 2. The van der Waals surface area contributed by atoms with Gasteiger partial charge in [-0.2, -0.15) is 0 Å². The molecule has 1 aliphatic carbocycles. The Morgan fingerprint density at radius 2 is 2.00 bits per heavy atom. The minimum absolute atomic E-state index is 0.201. The highest BCUT2D eigenvalue weighted by Crippen LogP contribution is 2.24. The number of amides is 1. The van der Waals surface area contributed by atoms with Crippen LogP contribution in [0.1, 0.15) is 53.2 Å². The fraction of sp³-hybridized carbons (Fsp3) is 0.643. The van der Waals surface area contributed by atoms with Crippen LogP contribution in [0.5, 0.6) is 0 Å². The topological polar surface area (TPSA) is 79.3 Å². The number of aryl methyl sites for hydroxylation is 1. The second-order valence-electron chi connectivity index (χ2n) is 5.26. The van der Waals surface area contributed by atoms with Crippen molar-refractivity contribution in [2.24, 2.45) is 5.92 Å². The maximum absolute atomic E-state index is 12.2. The lowest BCUT2D eigenvalue weighted by molar-refractivity contribution is -0.143. The normalized spacial score (nSPS) is 23.6. The highest BCUT2D eigenvalue weighted by molar-refractivity contribution is 7.13. The molecule has 1 heterocycles. The predicted octanol–water partition coefficient (Wildman–Crippen LogP) is 2.60. The van der Waals surface area contributed by atoms with Crippen LogP contribution in [0.15, 0.2) is 6.20 Å². The quantitative estimate of drug-likeness (QED) is 0.898. The minimum atomic E-state index is -0.808. The number of nitrogens with zero attached hydrogens (tertiary/aromatic N) is 1. The van der Waals surface area contributed by atoms with Crippen LogP contribution in [0.4, 0.5) is 0 Å². The first kappa shape index (κ1) is 15.0.